The zero-order chi connectivity index (χ0) is 12.3. The van der Waals surface area contributed by atoms with Crippen molar-refractivity contribution in [3.8, 4) is 5.75 Å². The molecular formula is C15H23NO. The third kappa shape index (κ3) is 3.15. The lowest BCUT2D eigenvalue weighted by Crippen LogP contribution is -2.25. The van der Waals surface area contributed by atoms with E-state index in [0.29, 0.717) is 6.04 Å². The smallest absolute Gasteiger partial charge is 0.142 e. The summed E-state index contributed by atoms with van der Waals surface area (Å²) in [5, 5.41) is 3.62. The van der Waals surface area contributed by atoms with Crippen molar-refractivity contribution in [3.63, 3.8) is 0 Å². The molecule has 1 fully saturated rings. The normalized spacial score (nSPS) is 24.4. The number of aryl methyl sites for hydroxylation is 1. The third-order valence-electron chi connectivity index (χ3n) is 3.73. The first-order valence-electron chi connectivity index (χ1n) is 6.60. The molecule has 0 bridgehead atoms. The molecule has 0 aromatic heterocycles. The van der Waals surface area contributed by atoms with E-state index in [-0.39, 0.29) is 0 Å². The average molecular weight is 233 g/mol. The molecule has 0 radical (unpaired) electrons. The van der Waals surface area contributed by atoms with E-state index in [1.165, 1.54) is 31.2 Å². The van der Waals surface area contributed by atoms with Crippen LogP contribution >= 0.6 is 0 Å². The van der Waals surface area contributed by atoms with E-state index in [2.05, 4.69) is 37.4 Å². The van der Waals surface area contributed by atoms with E-state index in [9.17, 15) is 0 Å². The predicted molar refractivity (Wildman–Crippen MR) is 72.8 cm³/mol. The molecule has 0 atom stereocenters. The number of anilines is 1. The Morgan fingerprint density at radius 1 is 1.18 bits per heavy atom. The van der Waals surface area contributed by atoms with E-state index in [1.54, 1.807) is 7.11 Å². The van der Waals surface area contributed by atoms with Gasteiger partial charge in [0.25, 0.3) is 0 Å². The minimum absolute atomic E-state index is 0.614. The number of benzene rings is 1. The van der Waals surface area contributed by atoms with Gasteiger partial charge in [-0.05, 0) is 56.2 Å². The van der Waals surface area contributed by atoms with Crippen molar-refractivity contribution in [2.24, 2.45) is 5.92 Å². The molecule has 1 aromatic rings. The summed E-state index contributed by atoms with van der Waals surface area (Å²) in [7, 11) is 1.74. The molecule has 0 saturated heterocycles. The molecule has 1 aliphatic carbocycles. The molecular weight excluding hydrogens is 210 g/mol. The summed E-state index contributed by atoms with van der Waals surface area (Å²) in [5.74, 6) is 1.86. The van der Waals surface area contributed by atoms with Gasteiger partial charge in [0.1, 0.15) is 5.75 Å². The Kier molecular flexibility index (Phi) is 3.93. The monoisotopic (exact) mass is 233 g/mol. The van der Waals surface area contributed by atoms with E-state index in [0.717, 1.165) is 17.4 Å². The molecule has 94 valence electrons. The molecule has 1 aliphatic rings. The lowest BCUT2D eigenvalue weighted by atomic mass is 9.87. The van der Waals surface area contributed by atoms with Gasteiger partial charge in [-0.15, -0.1) is 0 Å². The van der Waals surface area contributed by atoms with Crippen molar-refractivity contribution in [2.75, 3.05) is 12.4 Å². The number of hydrogen-bond donors (Lipinski definition) is 1. The molecule has 2 heteroatoms. The quantitative estimate of drug-likeness (QED) is 0.852. The highest BCUT2D eigenvalue weighted by molar-refractivity contribution is 5.58. The van der Waals surface area contributed by atoms with Crippen molar-refractivity contribution >= 4 is 5.69 Å². The van der Waals surface area contributed by atoms with Crippen molar-refractivity contribution in [3.05, 3.63) is 23.8 Å². The molecule has 1 saturated carbocycles. The van der Waals surface area contributed by atoms with Crippen LogP contribution < -0.4 is 10.1 Å². The molecule has 1 N–H and O–H groups in total. The fraction of sp³-hybridized carbons (Fsp3) is 0.600. The van der Waals surface area contributed by atoms with Crippen LogP contribution in [0, 0.1) is 12.8 Å². The van der Waals surface area contributed by atoms with Gasteiger partial charge in [-0.1, -0.05) is 13.0 Å². The van der Waals surface area contributed by atoms with Crippen molar-refractivity contribution < 1.29 is 4.74 Å². The fourth-order valence-corrected chi connectivity index (χ4v) is 2.54. The molecule has 2 rings (SSSR count). The average Bonchev–Trinajstić information content (AvgIpc) is 2.34. The van der Waals surface area contributed by atoms with E-state index in [4.69, 9.17) is 4.74 Å². The fourth-order valence-electron chi connectivity index (χ4n) is 2.54. The van der Waals surface area contributed by atoms with Gasteiger partial charge in [-0.25, -0.2) is 0 Å². The zero-order valence-corrected chi connectivity index (χ0v) is 11.1. The second-order valence-corrected chi connectivity index (χ2v) is 5.30. The Labute approximate surface area is 104 Å². The Balaban J connectivity index is 2.03. The van der Waals surface area contributed by atoms with Gasteiger partial charge in [0.15, 0.2) is 0 Å². The predicted octanol–water partition coefficient (Wildman–Crippen LogP) is 3.99. The van der Waals surface area contributed by atoms with Gasteiger partial charge in [0, 0.05) is 6.04 Å². The van der Waals surface area contributed by atoms with Crippen LogP contribution in [0.5, 0.6) is 5.75 Å². The second-order valence-electron chi connectivity index (χ2n) is 5.30. The molecule has 17 heavy (non-hydrogen) atoms. The van der Waals surface area contributed by atoms with Gasteiger partial charge in [0.2, 0.25) is 0 Å². The first kappa shape index (κ1) is 12.3. The highest BCUT2D eigenvalue weighted by Gasteiger charge is 2.18. The second kappa shape index (κ2) is 5.44. The van der Waals surface area contributed by atoms with Crippen LogP contribution in [0.3, 0.4) is 0 Å². The zero-order valence-electron chi connectivity index (χ0n) is 11.1. The third-order valence-corrected chi connectivity index (χ3v) is 3.73. The van der Waals surface area contributed by atoms with E-state index in [1.807, 2.05) is 0 Å². The van der Waals surface area contributed by atoms with Gasteiger partial charge < -0.3 is 10.1 Å². The van der Waals surface area contributed by atoms with E-state index >= 15 is 0 Å². The van der Waals surface area contributed by atoms with E-state index < -0.39 is 0 Å². The maximum Gasteiger partial charge on any atom is 0.142 e. The standard InChI is InChI=1S/C15H23NO/c1-11-4-7-13(8-5-11)16-14-9-6-12(2)10-15(14)17-3/h6,9-11,13,16H,4-5,7-8H2,1-3H3. The Morgan fingerprint density at radius 3 is 2.53 bits per heavy atom. The maximum atomic E-state index is 5.43. The van der Waals surface area contributed by atoms with Crippen LogP contribution in [0.25, 0.3) is 0 Å². The first-order chi connectivity index (χ1) is 8.19. The summed E-state index contributed by atoms with van der Waals surface area (Å²) in [6.45, 7) is 4.44. The first-order valence-corrected chi connectivity index (χ1v) is 6.60. The van der Waals surface area contributed by atoms with Crippen molar-refractivity contribution in [1.82, 2.24) is 0 Å². The summed E-state index contributed by atoms with van der Waals surface area (Å²) in [6, 6.07) is 6.97. The maximum absolute atomic E-state index is 5.43. The summed E-state index contributed by atoms with van der Waals surface area (Å²) < 4.78 is 5.43. The highest BCUT2D eigenvalue weighted by Crippen LogP contribution is 2.30. The van der Waals surface area contributed by atoms with Crippen molar-refractivity contribution in [2.45, 2.75) is 45.6 Å². The lowest BCUT2D eigenvalue weighted by Gasteiger charge is -2.28. The number of methoxy groups -OCH3 is 1. The summed E-state index contributed by atoms with van der Waals surface area (Å²) in [5.41, 5.74) is 2.38. The summed E-state index contributed by atoms with van der Waals surface area (Å²) in [4.78, 5) is 0. The van der Waals surface area contributed by atoms with Gasteiger partial charge in [-0.2, -0.15) is 0 Å². The molecule has 1 aromatic carbocycles. The highest BCUT2D eigenvalue weighted by atomic mass is 16.5. The largest absolute Gasteiger partial charge is 0.495 e. The Morgan fingerprint density at radius 2 is 1.88 bits per heavy atom. The van der Waals surface area contributed by atoms with Crippen LogP contribution in [0.2, 0.25) is 0 Å². The molecule has 0 unspecified atom stereocenters. The minimum Gasteiger partial charge on any atom is -0.495 e. The SMILES string of the molecule is COc1cc(C)ccc1NC1CCC(C)CC1. The van der Waals surface area contributed by atoms with Gasteiger partial charge >= 0.3 is 0 Å². The van der Waals surface area contributed by atoms with Crippen LogP contribution in [0.15, 0.2) is 18.2 Å². The van der Waals surface area contributed by atoms with Crippen LogP contribution in [-0.4, -0.2) is 13.2 Å². The van der Waals surface area contributed by atoms with Gasteiger partial charge in [-0.3, -0.25) is 0 Å². The molecule has 0 heterocycles. The summed E-state index contributed by atoms with van der Waals surface area (Å²) in [6.07, 6.45) is 5.23. The minimum atomic E-state index is 0.614. The summed E-state index contributed by atoms with van der Waals surface area (Å²) >= 11 is 0. The topological polar surface area (TPSA) is 21.3 Å². The molecule has 2 nitrogen and oxygen atoms in total. The molecule has 0 aliphatic heterocycles. The number of hydrogen-bond acceptors (Lipinski definition) is 2. The van der Waals surface area contributed by atoms with Gasteiger partial charge in [0.05, 0.1) is 12.8 Å². The Hall–Kier alpha value is -1.18. The Bertz CT molecular complexity index is 367. The molecule has 0 spiro atoms. The van der Waals surface area contributed by atoms with Crippen LogP contribution in [0.4, 0.5) is 5.69 Å². The lowest BCUT2D eigenvalue weighted by molar-refractivity contribution is 0.359. The van der Waals surface area contributed by atoms with Crippen LogP contribution in [0.1, 0.15) is 38.2 Å². The number of rotatable bonds is 3. The van der Waals surface area contributed by atoms with Crippen LogP contribution in [-0.2, 0) is 0 Å². The number of ether oxygens (including phenoxy) is 1. The van der Waals surface area contributed by atoms with Crippen molar-refractivity contribution in [1.29, 1.82) is 0 Å². The number of nitrogens with one attached hydrogen (secondary N) is 1. The molecule has 0 amide bonds.